The Labute approximate surface area is 129 Å². The molecule has 2 bridgehead atoms. The van der Waals surface area contributed by atoms with Crippen LogP contribution in [-0.2, 0) is 9.53 Å². The molecular formula is C19H28O2. The van der Waals surface area contributed by atoms with Crippen LogP contribution in [0.3, 0.4) is 0 Å². The number of rotatable bonds is 5. The van der Waals surface area contributed by atoms with E-state index in [1.807, 2.05) is 20.8 Å². The molecule has 3 atom stereocenters. The van der Waals surface area contributed by atoms with E-state index in [2.05, 4.69) is 25.7 Å². The van der Waals surface area contributed by atoms with Crippen molar-refractivity contribution in [3.8, 4) is 0 Å². The van der Waals surface area contributed by atoms with Crippen LogP contribution in [0, 0.1) is 23.2 Å². The lowest BCUT2D eigenvalue weighted by molar-refractivity contribution is -0.141. The summed E-state index contributed by atoms with van der Waals surface area (Å²) in [5.74, 6) is 1.30. The molecule has 2 fully saturated rings. The maximum atomic E-state index is 11.4. The Balaban J connectivity index is 1.89. The fraction of sp³-hybridized carbons (Fsp3) is 0.632. The van der Waals surface area contributed by atoms with Gasteiger partial charge in [0, 0.05) is 0 Å². The van der Waals surface area contributed by atoms with Gasteiger partial charge >= 0.3 is 5.97 Å². The topological polar surface area (TPSA) is 26.3 Å². The van der Waals surface area contributed by atoms with E-state index in [0.717, 1.165) is 23.8 Å². The van der Waals surface area contributed by atoms with E-state index in [1.54, 1.807) is 6.26 Å². The molecule has 2 rings (SSSR count). The molecule has 2 aliphatic carbocycles. The predicted octanol–water partition coefficient (Wildman–Crippen LogP) is 5.03. The average molecular weight is 288 g/mol. The summed E-state index contributed by atoms with van der Waals surface area (Å²) in [4.78, 5) is 11.4. The first-order valence-electron chi connectivity index (χ1n) is 8.07. The minimum Gasteiger partial charge on any atom is -0.434 e. The number of hydrogen-bond donors (Lipinski definition) is 0. The lowest BCUT2D eigenvalue weighted by Crippen LogP contribution is -2.25. The molecular weight excluding hydrogens is 260 g/mol. The number of esters is 1. The van der Waals surface area contributed by atoms with Crippen molar-refractivity contribution >= 4 is 5.97 Å². The van der Waals surface area contributed by atoms with Crippen molar-refractivity contribution in [2.75, 3.05) is 0 Å². The van der Waals surface area contributed by atoms with Gasteiger partial charge in [-0.1, -0.05) is 45.1 Å². The van der Waals surface area contributed by atoms with E-state index in [0.29, 0.717) is 0 Å². The number of hydrogen-bond acceptors (Lipinski definition) is 2. The van der Waals surface area contributed by atoms with Gasteiger partial charge in [0.25, 0.3) is 0 Å². The van der Waals surface area contributed by atoms with Gasteiger partial charge in [-0.2, -0.15) is 0 Å². The van der Waals surface area contributed by atoms with Crippen LogP contribution in [0.5, 0.6) is 0 Å². The summed E-state index contributed by atoms with van der Waals surface area (Å²) in [7, 11) is 0. The van der Waals surface area contributed by atoms with Crippen LogP contribution in [-0.4, -0.2) is 5.97 Å². The Hall–Kier alpha value is -1.31. The molecule has 0 aromatic heterocycles. The van der Waals surface area contributed by atoms with Crippen LogP contribution in [0.15, 0.2) is 36.1 Å². The molecule has 0 radical (unpaired) electrons. The van der Waals surface area contributed by atoms with Crippen LogP contribution in [0.2, 0.25) is 0 Å². The van der Waals surface area contributed by atoms with E-state index in [9.17, 15) is 4.79 Å². The number of ether oxygens (including phenoxy) is 1. The van der Waals surface area contributed by atoms with Gasteiger partial charge in [0.15, 0.2) is 0 Å². The van der Waals surface area contributed by atoms with Crippen LogP contribution >= 0.6 is 0 Å². The number of carbonyl (C=O) groups is 1. The molecule has 21 heavy (non-hydrogen) atoms. The van der Waals surface area contributed by atoms with Crippen molar-refractivity contribution in [1.29, 1.82) is 0 Å². The van der Waals surface area contributed by atoms with Gasteiger partial charge in [-0.25, -0.2) is 0 Å². The third-order valence-electron chi connectivity index (χ3n) is 5.32. The Morgan fingerprint density at radius 3 is 2.76 bits per heavy atom. The van der Waals surface area contributed by atoms with Crippen LogP contribution in [0.1, 0.15) is 53.4 Å². The molecule has 0 aliphatic heterocycles. The monoisotopic (exact) mass is 288 g/mol. The van der Waals surface area contributed by atoms with Crippen molar-refractivity contribution in [1.82, 2.24) is 0 Å². The highest BCUT2D eigenvalue weighted by atomic mass is 16.5. The molecule has 2 heteroatoms. The maximum absolute atomic E-state index is 11.4. The molecule has 0 aromatic rings. The van der Waals surface area contributed by atoms with Gasteiger partial charge in [-0.15, -0.1) is 0 Å². The second-order valence-electron chi connectivity index (χ2n) is 7.21. The maximum Gasteiger partial charge on any atom is 0.313 e. The third-order valence-corrected chi connectivity index (χ3v) is 5.32. The fourth-order valence-electron chi connectivity index (χ4n) is 3.72. The third kappa shape index (κ3) is 3.30. The van der Waals surface area contributed by atoms with Gasteiger partial charge in [0.05, 0.1) is 12.2 Å². The Morgan fingerprint density at radius 1 is 1.48 bits per heavy atom. The standard InChI is InChI=1S/C19H28O2/c1-13(2)18(20)21-12-14(3)7-6-10-19(5)15(4)16-8-9-17(19)11-16/h6-7,12-13,16-17H,4,8-11H2,1-3,5H3/b7-6+,14-12+. The Kier molecular flexibility index (Phi) is 4.75. The summed E-state index contributed by atoms with van der Waals surface area (Å²) < 4.78 is 5.11. The largest absolute Gasteiger partial charge is 0.434 e. The SMILES string of the molecule is C=C1C2CCC(C2)C1(C)C/C=C/C(C)=C/OC(=O)C(C)C. The van der Waals surface area contributed by atoms with E-state index in [-0.39, 0.29) is 17.3 Å². The van der Waals surface area contributed by atoms with E-state index in [1.165, 1.54) is 24.8 Å². The first-order valence-corrected chi connectivity index (χ1v) is 8.07. The molecule has 0 aromatic carbocycles. The van der Waals surface area contributed by atoms with Gasteiger partial charge in [-0.3, -0.25) is 4.79 Å². The number of fused-ring (bicyclic) bond motifs is 2. The highest BCUT2D eigenvalue weighted by molar-refractivity contribution is 5.72. The van der Waals surface area contributed by atoms with Crippen LogP contribution in [0.4, 0.5) is 0 Å². The Bertz CT molecular complexity index is 484. The smallest absolute Gasteiger partial charge is 0.313 e. The molecule has 0 saturated heterocycles. The van der Waals surface area contributed by atoms with E-state index < -0.39 is 0 Å². The molecule has 2 saturated carbocycles. The quantitative estimate of drug-likeness (QED) is 0.307. The first-order chi connectivity index (χ1) is 9.84. The van der Waals surface area contributed by atoms with Crippen molar-refractivity contribution in [2.24, 2.45) is 23.2 Å². The lowest BCUT2D eigenvalue weighted by Gasteiger charge is -2.35. The van der Waals surface area contributed by atoms with Crippen LogP contribution < -0.4 is 0 Å². The highest BCUT2D eigenvalue weighted by Gasteiger charge is 2.49. The summed E-state index contributed by atoms with van der Waals surface area (Å²) in [6, 6.07) is 0. The van der Waals surface area contributed by atoms with Crippen LogP contribution in [0.25, 0.3) is 0 Å². The number of carbonyl (C=O) groups excluding carboxylic acids is 1. The van der Waals surface area contributed by atoms with Crippen molar-refractivity contribution < 1.29 is 9.53 Å². The summed E-state index contributed by atoms with van der Waals surface area (Å²) in [5.41, 5.74) is 2.70. The molecule has 0 heterocycles. The van der Waals surface area contributed by atoms with Gasteiger partial charge in [0.2, 0.25) is 0 Å². The summed E-state index contributed by atoms with van der Waals surface area (Å²) in [6.07, 6.45) is 10.9. The minimum absolute atomic E-state index is 0.0886. The zero-order valence-corrected chi connectivity index (χ0v) is 13.8. The van der Waals surface area contributed by atoms with Crippen molar-refractivity contribution in [2.45, 2.75) is 53.4 Å². The zero-order chi connectivity index (χ0) is 15.6. The van der Waals surface area contributed by atoms with E-state index >= 15 is 0 Å². The zero-order valence-electron chi connectivity index (χ0n) is 13.8. The molecule has 3 unspecified atom stereocenters. The normalized spacial score (nSPS) is 32.4. The first kappa shape index (κ1) is 16.1. The molecule has 0 amide bonds. The molecule has 2 nitrogen and oxygen atoms in total. The van der Waals surface area contributed by atoms with Gasteiger partial charge < -0.3 is 4.74 Å². The van der Waals surface area contributed by atoms with Gasteiger partial charge in [0.1, 0.15) is 0 Å². The minimum atomic E-state index is -0.184. The number of allylic oxidation sites excluding steroid dienone is 4. The fourth-order valence-corrected chi connectivity index (χ4v) is 3.72. The second-order valence-corrected chi connectivity index (χ2v) is 7.21. The average Bonchev–Trinajstić information content (AvgIpc) is 3.00. The summed E-state index contributed by atoms with van der Waals surface area (Å²) >= 11 is 0. The van der Waals surface area contributed by atoms with Crippen molar-refractivity contribution in [3.63, 3.8) is 0 Å². The highest BCUT2D eigenvalue weighted by Crippen LogP contribution is 2.60. The van der Waals surface area contributed by atoms with Crippen molar-refractivity contribution in [3.05, 3.63) is 36.1 Å². The molecule has 0 spiro atoms. The molecule has 116 valence electrons. The molecule has 2 aliphatic rings. The summed E-state index contributed by atoms with van der Waals surface area (Å²) in [6.45, 7) is 12.3. The van der Waals surface area contributed by atoms with E-state index in [4.69, 9.17) is 4.74 Å². The molecule has 0 N–H and O–H groups in total. The lowest BCUT2D eigenvalue weighted by atomic mass is 9.69. The summed E-state index contributed by atoms with van der Waals surface area (Å²) in [5, 5.41) is 0. The Morgan fingerprint density at radius 2 is 2.19 bits per heavy atom. The second kappa shape index (κ2) is 6.21. The predicted molar refractivity (Wildman–Crippen MR) is 86.5 cm³/mol. The van der Waals surface area contributed by atoms with Gasteiger partial charge in [-0.05, 0) is 55.4 Å².